The number of rotatable bonds is 4. The van der Waals surface area contributed by atoms with Crippen molar-refractivity contribution in [2.45, 2.75) is 18.7 Å². The fourth-order valence-corrected chi connectivity index (χ4v) is 2.60. The standard InChI is InChI=1S/C14H16N2O3S/c1-8-13(9(2)16(3)15-8)19-10-6-5-7-11(20-4)12(10)14(17)18/h5-7H,1-4H3,(H,17,18). The van der Waals surface area contributed by atoms with Crippen LogP contribution in [0, 0.1) is 13.8 Å². The highest BCUT2D eigenvalue weighted by Gasteiger charge is 2.19. The summed E-state index contributed by atoms with van der Waals surface area (Å²) in [5.41, 5.74) is 1.77. The molecule has 0 bridgehead atoms. The third-order valence-corrected chi connectivity index (χ3v) is 3.86. The minimum absolute atomic E-state index is 0.183. The molecule has 1 heterocycles. The van der Waals surface area contributed by atoms with Crippen molar-refractivity contribution in [3.8, 4) is 11.5 Å². The Balaban J connectivity index is 2.51. The Morgan fingerprint density at radius 1 is 1.40 bits per heavy atom. The Morgan fingerprint density at radius 2 is 2.10 bits per heavy atom. The second-order valence-electron chi connectivity index (χ2n) is 4.36. The Kier molecular flexibility index (Phi) is 4.04. The summed E-state index contributed by atoms with van der Waals surface area (Å²) >= 11 is 1.38. The van der Waals surface area contributed by atoms with Crippen molar-refractivity contribution in [3.05, 3.63) is 35.2 Å². The summed E-state index contributed by atoms with van der Waals surface area (Å²) in [7, 11) is 1.83. The third-order valence-electron chi connectivity index (χ3n) is 3.08. The molecule has 0 amide bonds. The minimum atomic E-state index is -0.996. The van der Waals surface area contributed by atoms with Crippen LogP contribution < -0.4 is 4.74 Å². The number of hydrogen-bond acceptors (Lipinski definition) is 4. The quantitative estimate of drug-likeness (QED) is 0.876. The largest absolute Gasteiger partial charge is 0.478 e. The van der Waals surface area contributed by atoms with Gasteiger partial charge in [0.1, 0.15) is 17.0 Å². The number of aromatic nitrogens is 2. The molecule has 0 aliphatic carbocycles. The van der Waals surface area contributed by atoms with Crippen molar-refractivity contribution in [2.24, 2.45) is 7.05 Å². The summed E-state index contributed by atoms with van der Waals surface area (Å²) in [6, 6.07) is 5.22. The zero-order chi connectivity index (χ0) is 14.9. The number of aryl methyl sites for hydroxylation is 2. The second kappa shape index (κ2) is 5.58. The first kappa shape index (κ1) is 14.5. The van der Waals surface area contributed by atoms with Gasteiger partial charge in [0.15, 0.2) is 5.75 Å². The van der Waals surface area contributed by atoms with Gasteiger partial charge in [-0.25, -0.2) is 4.79 Å². The van der Waals surface area contributed by atoms with Gasteiger partial charge in [0, 0.05) is 11.9 Å². The van der Waals surface area contributed by atoms with Gasteiger partial charge >= 0.3 is 5.97 Å². The molecule has 0 saturated heterocycles. The molecule has 2 rings (SSSR count). The molecule has 0 spiro atoms. The second-order valence-corrected chi connectivity index (χ2v) is 5.21. The summed E-state index contributed by atoms with van der Waals surface area (Å²) in [6.45, 7) is 3.72. The van der Waals surface area contributed by atoms with Crippen molar-refractivity contribution in [3.63, 3.8) is 0 Å². The average molecular weight is 292 g/mol. The van der Waals surface area contributed by atoms with Gasteiger partial charge in [0.2, 0.25) is 0 Å². The van der Waals surface area contributed by atoms with Crippen molar-refractivity contribution in [1.82, 2.24) is 9.78 Å². The van der Waals surface area contributed by atoms with Crippen LogP contribution in [0.3, 0.4) is 0 Å². The van der Waals surface area contributed by atoms with Gasteiger partial charge in [0.25, 0.3) is 0 Å². The van der Waals surface area contributed by atoms with Crippen LogP contribution in [-0.2, 0) is 7.05 Å². The van der Waals surface area contributed by atoms with E-state index in [1.807, 2.05) is 27.2 Å². The maximum atomic E-state index is 11.5. The first-order valence-corrected chi connectivity index (χ1v) is 7.26. The number of aromatic carboxylic acids is 1. The van der Waals surface area contributed by atoms with Crippen molar-refractivity contribution in [1.29, 1.82) is 0 Å². The number of ether oxygens (including phenoxy) is 1. The number of nitrogens with zero attached hydrogens (tertiary/aromatic N) is 2. The summed E-state index contributed by atoms with van der Waals surface area (Å²) in [5, 5.41) is 13.6. The zero-order valence-corrected chi connectivity index (χ0v) is 12.6. The van der Waals surface area contributed by atoms with Crippen LogP contribution in [0.2, 0.25) is 0 Å². The van der Waals surface area contributed by atoms with E-state index in [2.05, 4.69) is 5.10 Å². The van der Waals surface area contributed by atoms with E-state index in [-0.39, 0.29) is 5.56 Å². The molecule has 0 fully saturated rings. The van der Waals surface area contributed by atoms with Crippen LogP contribution in [-0.4, -0.2) is 27.1 Å². The highest BCUT2D eigenvalue weighted by molar-refractivity contribution is 7.98. The van der Waals surface area contributed by atoms with Crippen LogP contribution in [0.15, 0.2) is 23.1 Å². The van der Waals surface area contributed by atoms with Crippen molar-refractivity contribution < 1.29 is 14.6 Å². The third kappa shape index (κ3) is 2.51. The van der Waals surface area contributed by atoms with Crippen LogP contribution in [0.1, 0.15) is 21.7 Å². The first-order valence-electron chi connectivity index (χ1n) is 6.04. The van der Waals surface area contributed by atoms with Crippen LogP contribution in [0.5, 0.6) is 11.5 Å². The molecule has 1 aromatic carbocycles. The monoisotopic (exact) mass is 292 g/mol. The van der Waals surface area contributed by atoms with E-state index in [1.54, 1.807) is 22.9 Å². The molecule has 1 aromatic heterocycles. The molecule has 20 heavy (non-hydrogen) atoms. The first-order chi connectivity index (χ1) is 9.45. The summed E-state index contributed by atoms with van der Waals surface area (Å²) in [4.78, 5) is 12.1. The van der Waals surface area contributed by atoms with E-state index >= 15 is 0 Å². The molecular formula is C14H16N2O3S. The van der Waals surface area contributed by atoms with E-state index in [9.17, 15) is 9.90 Å². The number of hydrogen-bond donors (Lipinski definition) is 1. The molecule has 1 N–H and O–H groups in total. The normalized spacial score (nSPS) is 10.6. The maximum absolute atomic E-state index is 11.5. The summed E-state index contributed by atoms with van der Waals surface area (Å²) < 4.78 is 7.53. The fraction of sp³-hybridized carbons (Fsp3) is 0.286. The van der Waals surface area contributed by atoms with E-state index in [1.165, 1.54) is 11.8 Å². The lowest BCUT2D eigenvalue weighted by atomic mass is 10.2. The van der Waals surface area contributed by atoms with Gasteiger partial charge in [-0.2, -0.15) is 5.10 Å². The number of carboxylic acids is 1. The smallest absolute Gasteiger partial charge is 0.340 e. The molecule has 0 aliphatic heterocycles. The SMILES string of the molecule is CSc1cccc(Oc2c(C)nn(C)c2C)c1C(=O)O. The van der Waals surface area contributed by atoms with Gasteiger partial charge < -0.3 is 9.84 Å². The Labute approximate surface area is 121 Å². The highest BCUT2D eigenvalue weighted by Crippen LogP contribution is 2.34. The highest BCUT2D eigenvalue weighted by atomic mass is 32.2. The maximum Gasteiger partial charge on any atom is 0.340 e. The van der Waals surface area contributed by atoms with E-state index < -0.39 is 5.97 Å². The Hall–Kier alpha value is -1.95. The number of thioether (sulfide) groups is 1. The van der Waals surface area contributed by atoms with Gasteiger partial charge in [0.05, 0.1) is 5.69 Å². The van der Waals surface area contributed by atoms with Crippen LogP contribution in [0.4, 0.5) is 0 Å². The molecule has 106 valence electrons. The predicted octanol–water partition coefficient (Wildman–Crippen LogP) is 3.25. The number of carbonyl (C=O) groups is 1. The number of benzene rings is 1. The molecule has 5 nitrogen and oxygen atoms in total. The van der Waals surface area contributed by atoms with E-state index in [0.29, 0.717) is 16.4 Å². The van der Waals surface area contributed by atoms with E-state index in [4.69, 9.17) is 4.74 Å². The van der Waals surface area contributed by atoms with Gasteiger partial charge in [-0.3, -0.25) is 4.68 Å². The lowest BCUT2D eigenvalue weighted by Gasteiger charge is -2.11. The Morgan fingerprint density at radius 3 is 2.60 bits per heavy atom. The van der Waals surface area contributed by atoms with Crippen molar-refractivity contribution in [2.75, 3.05) is 6.26 Å². The molecule has 0 radical (unpaired) electrons. The minimum Gasteiger partial charge on any atom is -0.478 e. The van der Waals surface area contributed by atoms with Gasteiger partial charge in [-0.05, 0) is 32.2 Å². The summed E-state index contributed by atoms with van der Waals surface area (Å²) in [5.74, 6) is -0.0547. The predicted molar refractivity (Wildman–Crippen MR) is 77.9 cm³/mol. The zero-order valence-electron chi connectivity index (χ0n) is 11.8. The van der Waals surface area contributed by atoms with E-state index in [0.717, 1.165) is 11.4 Å². The summed E-state index contributed by atoms with van der Waals surface area (Å²) in [6.07, 6.45) is 1.84. The van der Waals surface area contributed by atoms with Crippen LogP contribution in [0.25, 0.3) is 0 Å². The van der Waals surface area contributed by atoms with Gasteiger partial charge in [-0.1, -0.05) is 6.07 Å². The Bertz CT molecular complexity index is 665. The molecule has 6 heteroatoms. The molecule has 0 atom stereocenters. The van der Waals surface area contributed by atoms with Crippen molar-refractivity contribution >= 4 is 17.7 Å². The molecule has 0 unspecified atom stereocenters. The van der Waals surface area contributed by atoms with Crippen LogP contribution >= 0.6 is 11.8 Å². The number of carboxylic acid groups (broad SMARTS) is 1. The molecular weight excluding hydrogens is 276 g/mol. The average Bonchev–Trinajstić information content (AvgIpc) is 2.64. The molecule has 0 aliphatic rings. The topological polar surface area (TPSA) is 64.4 Å². The molecule has 2 aromatic rings. The lowest BCUT2D eigenvalue weighted by molar-refractivity contribution is 0.0690. The lowest BCUT2D eigenvalue weighted by Crippen LogP contribution is -2.03. The van der Waals surface area contributed by atoms with Gasteiger partial charge in [-0.15, -0.1) is 11.8 Å². The molecule has 0 saturated carbocycles. The fourth-order valence-electron chi connectivity index (χ4n) is 1.99.